The predicted molar refractivity (Wildman–Crippen MR) is 116 cm³/mol. The maximum atomic E-state index is 12.2. The summed E-state index contributed by atoms with van der Waals surface area (Å²) in [5.74, 6) is -0.271. The Labute approximate surface area is 180 Å². The number of nitrogens with one attached hydrogen (secondary N) is 1. The van der Waals surface area contributed by atoms with Crippen molar-refractivity contribution in [3.8, 4) is 5.75 Å². The Morgan fingerprint density at radius 1 is 1.10 bits per heavy atom. The lowest BCUT2D eigenvalue weighted by Crippen LogP contribution is -2.22. The quantitative estimate of drug-likeness (QED) is 0.494. The number of allylic oxidation sites excluding steroid dienone is 1. The number of imidazole rings is 1. The van der Waals surface area contributed by atoms with Crippen LogP contribution in [0.5, 0.6) is 5.75 Å². The van der Waals surface area contributed by atoms with Crippen molar-refractivity contribution in [3.05, 3.63) is 83.8 Å². The number of hydrogen-bond acceptors (Lipinski definition) is 5. The van der Waals surface area contributed by atoms with Crippen molar-refractivity contribution in [1.82, 2.24) is 14.3 Å². The van der Waals surface area contributed by atoms with E-state index in [2.05, 4.69) is 9.97 Å². The number of H-pyrrole nitrogens is 1. The molecule has 0 aliphatic carbocycles. The van der Waals surface area contributed by atoms with E-state index in [0.717, 1.165) is 21.5 Å². The number of hydrogen-bond donors (Lipinski definition) is 2. The molecule has 31 heavy (non-hydrogen) atoms. The van der Waals surface area contributed by atoms with E-state index >= 15 is 0 Å². The fourth-order valence-electron chi connectivity index (χ4n) is 2.81. The van der Waals surface area contributed by atoms with Crippen molar-refractivity contribution in [2.75, 3.05) is 14.1 Å². The lowest BCUT2D eigenvalue weighted by Gasteiger charge is -2.09. The summed E-state index contributed by atoms with van der Waals surface area (Å²) < 4.78 is 31.3. The highest BCUT2D eigenvalue weighted by molar-refractivity contribution is 7.89. The van der Waals surface area contributed by atoms with Gasteiger partial charge in [-0.25, -0.2) is 22.5 Å². The number of carboxylic acid groups (broad SMARTS) is 1. The first-order valence-corrected chi connectivity index (χ1v) is 10.9. The van der Waals surface area contributed by atoms with Gasteiger partial charge >= 0.3 is 5.97 Å². The molecule has 0 saturated heterocycles. The van der Waals surface area contributed by atoms with Gasteiger partial charge in [0.2, 0.25) is 0 Å². The van der Waals surface area contributed by atoms with Crippen LogP contribution in [-0.2, 0) is 27.8 Å². The van der Waals surface area contributed by atoms with Gasteiger partial charge in [-0.05, 0) is 23.3 Å². The third-order valence-electron chi connectivity index (χ3n) is 4.47. The monoisotopic (exact) mass is 441 g/mol. The third kappa shape index (κ3) is 5.80. The Morgan fingerprint density at radius 2 is 1.77 bits per heavy atom. The van der Waals surface area contributed by atoms with Gasteiger partial charge in [0.1, 0.15) is 18.2 Å². The molecule has 0 spiro atoms. The molecule has 0 unspecified atom stereocenters. The molecule has 0 amide bonds. The molecule has 0 atom stereocenters. The number of aromatic amines is 1. The Kier molecular flexibility index (Phi) is 6.88. The van der Waals surface area contributed by atoms with Crippen LogP contribution in [0, 0.1) is 0 Å². The number of sulfonamides is 1. The van der Waals surface area contributed by atoms with Gasteiger partial charge in [0, 0.05) is 38.4 Å². The van der Waals surface area contributed by atoms with Crippen LogP contribution in [0.25, 0.3) is 5.57 Å². The molecule has 9 heteroatoms. The minimum atomic E-state index is -3.73. The second kappa shape index (κ2) is 9.59. The minimum Gasteiger partial charge on any atom is -0.489 e. The number of carboxylic acids is 1. The van der Waals surface area contributed by atoms with Crippen LogP contribution < -0.4 is 4.74 Å². The Hall–Kier alpha value is -3.43. The first kappa shape index (κ1) is 22.3. The Bertz CT molecular complexity index is 1170. The normalized spacial score (nSPS) is 12.2. The maximum Gasteiger partial charge on any atom is 0.328 e. The van der Waals surface area contributed by atoms with Crippen molar-refractivity contribution in [3.63, 3.8) is 0 Å². The third-order valence-corrected chi connectivity index (χ3v) is 6.17. The molecule has 1 aromatic heterocycles. The number of aromatic nitrogens is 2. The van der Waals surface area contributed by atoms with Crippen LogP contribution in [-0.4, -0.2) is 47.9 Å². The zero-order chi connectivity index (χ0) is 22.4. The lowest BCUT2D eigenvalue weighted by molar-refractivity contribution is -0.131. The number of benzene rings is 2. The van der Waals surface area contributed by atoms with Gasteiger partial charge in [-0.3, -0.25) is 0 Å². The largest absolute Gasteiger partial charge is 0.489 e. The fourth-order valence-corrected chi connectivity index (χ4v) is 3.59. The average molecular weight is 442 g/mol. The number of aliphatic carboxylic acids is 1. The van der Waals surface area contributed by atoms with Gasteiger partial charge in [-0.1, -0.05) is 42.5 Å². The van der Waals surface area contributed by atoms with Crippen LogP contribution in [0.1, 0.15) is 17.0 Å². The fraction of sp³-hybridized carbons (Fsp3) is 0.182. The van der Waals surface area contributed by atoms with Crippen LogP contribution in [0.4, 0.5) is 0 Å². The zero-order valence-electron chi connectivity index (χ0n) is 17.1. The van der Waals surface area contributed by atoms with E-state index in [0.29, 0.717) is 17.9 Å². The lowest BCUT2D eigenvalue weighted by atomic mass is 10.0. The van der Waals surface area contributed by atoms with Crippen LogP contribution in [0.2, 0.25) is 0 Å². The van der Waals surface area contributed by atoms with Crippen LogP contribution in [0.3, 0.4) is 0 Å². The highest BCUT2D eigenvalue weighted by atomic mass is 32.2. The average Bonchev–Trinajstić information content (AvgIpc) is 3.24. The molecule has 2 aromatic carbocycles. The smallest absolute Gasteiger partial charge is 0.328 e. The Morgan fingerprint density at radius 3 is 2.39 bits per heavy atom. The van der Waals surface area contributed by atoms with E-state index in [1.807, 2.05) is 42.5 Å². The molecule has 1 heterocycles. The SMILES string of the molecule is CN(C)S(=O)(=O)c1c[nH]c(/C(=C\C(=O)O)Cc2ccc(OCc3ccccc3)cc2)n1. The molecule has 2 N–H and O–H groups in total. The number of rotatable bonds is 9. The molecular formula is C22H23N3O5S. The number of nitrogens with zero attached hydrogens (tertiary/aromatic N) is 2. The zero-order valence-corrected chi connectivity index (χ0v) is 18.0. The molecule has 3 rings (SSSR count). The van der Waals surface area contributed by atoms with E-state index < -0.39 is 16.0 Å². The summed E-state index contributed by atoms with van der Waals surface area (Å²) >= 11 is 0. The maximum absolute atomic E-state index is 12.2. The molecule has 162 valence electrons. The summed E-state index contributed by atoms with van der Waals surface area (Å²) in [5.41, 5.74) is 2.23. The summed E-state index contributed by atoms with van der Waals surface area (Å²) in [7, 11) is -0.922. The van der Waals surface area contributed by atoms with Crippen molar-refractivity contribution in [2.45, 2.75) is 18.1 Å². The topological polar surface area (TPSA) is 113 Å². The van der Waals surface area contributed by atoms with Crippen molar-refractivity contribution >= 4 is 21.6 Å². The highest BCUT2D eigenvalue weighted by Crippen LogP contribution is 2.22. The summed E-state index contributed by atoms with van der Waals surface area (Å²) in [6.45, 7) is 0.444. The van der Waals surface area contributed by atoms with Crippen LogP contribution in [0.15, 0.2) is 71.9 Å². The highest BCUT2D eigenvalue weighted by Gasteiger charge is 2.22. The summed E-state index contributed by atoms with van der Waals surface area (Å²) in [4.78, 5) is 18.2. The van der Waals surface area contributed by atoms with E-state index in [1.54, 1.807) is 12.1 Å². The van der Waals surface area contributed by atoms with Crippen molar-refractivity contribution in [1.29, 1.82) is 0 Å². The van der Waals surface area contributed by atoms with Crippen molar-refractivity contribution in [2.24, 2.45) is 0 Å². The summed E-state index contributed by atoms with van der Waals surface area (Å²) in [6.07, 6.45) is 2.52. The number of ether oxygens (including phenoxy) is 1. The molecule has 0 aliphatic rings. The van der Waals surface area contributed by atoms with Gasteiger partial charge < -0.3 is 14.8 Å². The van der Waals surface area contributed by atoms with Gasteiger partial charge in [-0.15, -0.1) is 0 Å². The molecule has 8 nitrogen and oxygen atoms in total. The molecular weight excluding hydrogens is 418 g/mol. The molecule has 0 radical (unpaired) electrons. The first-order valence-electron chi connectivity index (χ1n) is 9.43. The van der Waals surface area contributed by atoms with E-state index in [9.17, 15) is 18.3 Å². The van der Waals surface area contributed by atoms with Gasteiger partial charge in [0.15, 0.2) is 5.03 Å². The second-order valence-corrected chi connectivity index (χ2v) is 9.08. The minimum absolute atomic E-state index is 0.173. The number of carbonyl (C=O) groups is 1. The summed E-state index contributed by atoms with van der Waals surface area (Å²) in [5, 5.41) is 9.06. The first-order chi connectivity index (χ1) is 14.8. The molecule has 0 saturated carbocycles. The van der Waals surface area contributed by atoms with Gasteiger partial charge in [-0.2, -0.15) is 0 Å². The van der Waals surface area contributed by atoms with Crippen LogP contribution >= 0.6 is 0 Å². The van der Waals surface area contributed by atoms with Crippen molar-refractivity contribution < 1.29 is 23.1 Å². The second-order valence-electron chi connectivity index (χ2n) is 6.98. The molecule has 0 bridgehead atoms. The summed E-state index contributed by atoms with van der Waals surface area (Å²) in [6, 6.07) is 17.1. The van der Waals surface area contributed by atoms with E-state index in [4.69, 9.17) is 4.74 Å². The molecule has 3 aromatic rings. The van der Waals surface area contributed by atoms with Gasteiger partial charge in [0.05, 0.1) is 0 Å². The predicted octanol–water partition coefficient (Wildman–Crippen LogP) is 2.95. The van der Waals surface area contributed by atoms with Gasteiger partial charge in [0.25, 0.3) is 10.0 Å². The molecule has 0 aliphatic heterocycles. The van der Waals surface area contributed by atoms with E-state index in [-0.39, 0.29) is 17.3 Å². The Balaban J connectivity index is 1.75. The standard InChI is InChI=1S/C22H23N3O5S/c1-25(2)31(28,29)20-14-23-22(24-20)18(13-21(26)27)12-16-8-10-19(11-9-16)30-15-17-6-4-3-5-7-17/h3-11,13-14H,12,15H2,1-2H3,(H,23,24)(H,26,27)/b18-13-. The van der Waals surface area contributed by atoms with E-state index in [1.165, 1.54) is 20.3 Å². The molecule has 0 fully saturated rings.